The molecule has 0 spiro atoms. The van der Waals surface area contributed by atoms with Crippen LogP contribution in [0.3, 0.4) is 0 Å². The van der Waals surface area contributed by atoms with Crippen molar-refractivity contribution in [3.8, 4) is 11.5 Å². The van der Waals surface area contributed by atoms with E-state index in [1.807, 2.05) is 11.0 Å². The Morgan fingerprint density at radius 3 is 2.69 bits per heavy atom. The molecule has 39 heavy (non-hydrogen) atoms. The molecule has 1 atom stereocenters. The lowest BCUT2D eigenvalue weighted by Gasteiger charge is -2.36. The van der Waals surface area contributed by atoms with E-state index < -0.39 is 16.6 Å². The quantitative estimate of drug-likeness (QED) is 0.263. The topological polar surface area (TPSA) is 147 Å². The fraction of sp³-hybridized carbons (Fsp3) is 0.360. The Kier molecular flexibility index (Phi) is 8.02. The number of nitrogens with two attached hydrogens (primary N) is 1. The summed E-state index contributed by atoms with van der Waals surface area (Å²) >= 11 is 0. The molecule has 3 aromatic heterocycles. The molecule has 4 N–H and O–H groups in total. The van der Waals surface area contributed by atoms with Crippen LogP contribution in [-0.4, -0.2) is 92.4 Å². The summed E-state index contributed by atoms with van der Waals surface area (Å²) < 4.78 is 32.8. The zero-order valence-electron chi connectivity index (χ0n) is 21.5. The summed E-state index contributed by atoms with van der Waals surface area (Å²) in [5.41, 5.74) is 7.99. The molecule has 4 heterocycles. The maximum absolute atomic E-state index is 14.8. The molecule has 12 nitrogen and oxygen atoms in total. The Labute approximate surface area is 226 Å². The highest BCUT2D eigenvalue weighted by molar-refractivity contribution is 7.84. The maximum atomic E-state index is 14.8. The van der Waals surface area contributed by atoms with Crippen LogP contribution in [0, 0.1) is 5.82 Å². The van der Waals surface area contributed by atoms with Gasteiger partial charge >= 0.3 is 0 Å². The van der Waals surface area contributed by atoms with Crippen LogP contribution < -0.4 is 21.3 Å². The molecular weight excluding hydrogens is 525 g/mol. The van der Waals surface area contributed by atoms with Gasteiger partial charge in [0.05, 0.1) is 12.0 Å². The van der Waals surface area contributed by atoms with Crippen LogP contribution in [0.2, 0.25) is 0 Å². The number of aromatic nitrogens is 4. The second kappa shape index (κ2) is 11.8. The molecule has 1 fully saturated rings. The number of benzene rings is 1. The zero-order valence-corrected chi connectivity index (χ0v) is 22.3. The molecule has 1 aliphatic rings. The summed E-state index contributed by atoms with van der Waals surface area (Å²) in [5, 5.41) is 10.3. The molecular formula is C25H30FN9O3S. The zero-order chi connectivity index (χ0) is 27.4. The number of nitrogens with zero attached hydrogens (tertiary/aromatic N) is 6. The SMILES string of the molecule is C[S@](=O)CCNC(=O)c1ccc(N2CCN(CCNc3nc(N)n4nc(-c5ccco5)cc4n3)CC2)c(F)c1. The largest absolute Gasteiger partial charge is 0.463 e. The Morgan fingerprint density at radius 1 is 1.15 bits per heavy atom. The van der Waals surface area contributed by atoms with E-state index >= 15 is 0 Å². The van der Waals surface area contributed by atoms with Gasteiger partial charge in [0.15, 0.2) is 11.4 Å². The molecule has 1 aromatic carbocycles. The Balaban J connectivity index is 1.10. The highest BCUT2D eigenvalue weighted by atomic mass is 32.2. The van der Waals surface area contributed by atoms with Crippen LogP contribution in [0.1, 0.15) is 10.4 Å². The first-order valence-electron chi connectivity index (χ1n) is 12.5. The maximum Gasteiger partial charge on any atom is 0.251 e. The van der Waals surface area contributed by atoms with Gasteiger partial charge in [0.25, 0.3) is 5.91 Å². The molecule has 14 heteroatoms. The van der Waals surface area contributed by atoms with E-state index in [1.54, 1.807) is 36.8 Å². The smallest absolute Gasteiger partial charge is 0.251 e. The number of carbonyl (C=O) groups excluding carboxylic acids is 1. The molecule has 0 saturated carbocycles. The third-order valence-electron chi connectivity index (χ3n) is 6.43. The van der Waals surface area contributed by atoms with Crippen molar-refractivity contribution in [2.24, 2.45) is 0 Å². The minimum Gasteiger partial charge on any atom is -0.463 e. The van der Waals surface area contributed by atoms with Crippen LogP contribution in [-0.2, 0) is 10.8 Å². The van der Waals surface area contributed by atoms with Crippen LogP contribution in [0.15, 0.2) is 47.1 Å². The predicted molar refractivity (Wildman–Crippen MR) is 148 cm³/mol. The molecule has 1 aliphatic heterocycles. The highest BCUT2D eigenvalue weighted by Gasteiger charge is 2.20. The molecule has 4 aromatic rings. The number of rotatable bonds is 10. The van der Waals surface area contributed by atoms with Crippen molar-refractivity contribution in [2.45, 2.75) is 0 Å². The summed E-state index contributed by atoms with van der Waals surface area (Å²) in [6.07, 6.45) is 3.15. The summed E-state index contributed by atoms with van der Waals surface area (Å²) in [7, 11) is -0.996. The van der Waals surface area contributed by atoms with Crippen LogP contribution in [0.25, 0.3) is 17.1 Å². The second-order valence-electron chi connectivity index (χ2n) is 9.14. The van der Waals surface area contributed by atoms with E-state index in [0.29, 0.717) is 54.1 Å². The fourth-order valence-electron chi connectivity index (χ4n) is 4.39. The van der Waals surface area contributed by atoms with E-state index in [-0.39, 0.29) is 24.0 Å². The number of nitrogen functional groups attached to an aromatic ring is 1. The van der Waals surface area contributed by atoms with Gasteiger partial charge in [-0.15, -0.1) is 0 Å². The number of fused-ring (bicyclic) bond motifs is 1. The van der Waals surface area contributed by atoms with Crippen molar-refractivity contribution in [1.82, 2.24) is 29.8 Å². The van der Waals surface area contributed by atoms with Crippen LogP contribution >= 0.6 is 0 Å². The van der Waals surface area contributed by atoms with Gasteiger partial charge < -0.3 is 25.7 Å². The van der Waals surface area contributed by atoms with Gasteiger partial charge in [0, 0.05) is 80.3 Å². The van der Waals surface area contributed by atoms with Crippen molar-refractivity contribution in [3.63, 3.8) is 0 Å². The number of nitrogens with one attached hydrogen (secondary N) is 2. The summed E-state index contributed by atoms with van der Waals surface area (Å²) in [4.78, 5) is 25.3. The molecule has 0 radical (unpaired) electrons. The number of amides is 1. The molecule has 0 bridgehead atoms. The second-order valence-corrected chi connectivity index (χ2v) is 10.7. The molecule has 206 valence electrons. The van der Waals surface area contributed by atoms with E-state index in [9.17, 15) is 13.4 Å². The lowest BCUT2D eigenvalue weighted by atomic mass is 10.1. The van der Waals surface area contributed by atoms with Crippen molar-refractivity contribution in [2.75, 3.05) is 73.8 Å². The molecule has 0 unspecified atom stereocenters. The van der Waals surface area contributed by atoms with E-state index in [4.69, 9.17) is 10.2 Å². The number of carbonyl (C=O) groups is 1. The first-order chi connectivity index (χ1) is 18.9. The molecule has 0 aliphatic carbocycles. The monoisotopic (exact) mass is 555 g/mol. The van der Waals surface area contributed by atoms with E-state index in [1.165, 1.54) is 10.6 Å². The Morgan fingerprint density at radius 2 is 1.97 bits per heavy atom. The van der Waals surface area contributed by atoms with Crippen LogP contribution in [0.4, 0.5) is 22.0 Å². The standard InChI is InChI=1S/C25H30FN9O3S/c1-39(37)14-7-28-23(36)17-4-5-20(18(26)15-17)34-11-9-33(10-12-34)8-6-29-25-30-22-16-19(21-3-2-13-38-21)32-35(22)24(27)31-25/h2-5,13,15-16H,6-12,14H2,1H3,(H,28,36)(H3,27,29,30,31)/t39-/m0/s1. The summed E-state index contributed by atoms with van der Waals surface area (Å²) in [6.45, 7) is 4.48. The highest BCUT2D eigenvalue weighted by Crippen LogP contribution is 2.23. The van der Waals surface area contributed by atoms with Gasteiger partial charge in [-0.3, -0.25) is 13.9 Å². The van der Waals surface area contributed by atoms with Crippen molar-refractivity contribution >= 4 is 39.9 Å². The van der Waals surface area contributed by atoms with Gasteiger partial charge in [0.2, 0.25) is 11.9 Å². The number of furan rings is 1. The summed E-state index contributed by atoms with van der Waals surface area (Å²) in [5.74, 6) is 0.810. The number of halogens is 1. The number of piperazine rings is 1. The average Bonchev–Trinajstić information content (AvgIpc) is 3.59. The average molecular weight is 556 g/mol. The lowest BCUT2D eigenvalue weighted by molar-refractivity contribution is 0.0955. The van der Waals surface area contributed by atoms with Crippen molar-refractivity contribution < 1.29 is 17.8 Å². The molecule has 1 saturated heterocycles. The third kappa shape index (κ3) is 6.34. The Hall–Kier alpha value is -4.04. The van der Waals surface area contributed by atoms with Crippen molar-refractivity contribution in [1.29, 1.82) is 0 Å². The molecule has 1 amide bonds. The molecule has 5 rings (SSSR count). The minimum absolute atomic E-state index is 0.219. The first-order valence-corrected chi connectivity index (χ1v) is 14.3. The fourth-order valence-corrected chi connectivity index (χ4v) is 4.78. The minimum atomic E-state index is -0.996. The van der Waals surface area contributed by atoms with Gasteiger partial charge in [0.1, 0.15) is 11.5 Å². The van der Waals surface area contributed by atoms with Crippen LogP contribution in [0.5, 0.6) is 0 Å². The van der Waals surface area contributed by atoms with Gasteiger partial charge in [-0.1, -0.05) is 0 Å². The van der Waals surface area contributed by atoms with Gasteiger partial charge in [-0.25, -0.2) is 4.39 Å². The van der Waals surface area contributed by atoms with Gasteiger partial charge in [-0.05, 0) is 30.3 Å². The predicted octanol–water partition coefficient (Wildman–Crippen LogP) is 1.45. The third-order valence-corrected chi connectivity index (χ3v) is 7.21. The van der Waals surface area contributed by atoms with Gasteiger partial charge in [-0.2, -0.15) is 19.6 Å². The normalized spacial score (nSPS) is 15.0. The Bertz CT molecular complexity index is 1470. The summed E-state index contributed by atoms with van der Waals surface area (Å²) in [6, 6.07) is 9.90. The van der Waals surface area contributed by atoms with E-state index in [0.717, 1.165) is 19.6 Å². The number of hydrogen-bond acceptors (Lipinski definition) is 10. The number of anilines is 3. The lowest BCUT2D eigenvalue weighted by Crippen LogP contribution is -2.48. The number of hydrogen-bond donors (Lipinski definition) is 3. The first kappa shape index (κ1) is 26.6. The van der Waals surface area contributed by atoms with Crippen molar-refractivity contribution in [3.05, 3.63) is 54.0 Å². The van der Waals surface area contributed by atoms with E-state index in [2.05, 4.69) is 30.6 Å².